The van der Waals surface area contributed by atoms with Crippen LogP contribution in [-0.4, -0.2) is 13.4 Å². The van der Waals surface area contributed by atoms with Gasteiger partial charge in [-0.05, 0) is 117 Å². The van der Waals surface area contributed by atoms with Gasteiger partial charge in [0, 0.05) is 50.0 Å². The van der Waals surface area contributed by atoms with E-state index >= 15 is 0 Å². The van der Waals surface area contributed by atoms with Crippen LogP contribution >= 0.6 is 11.8 Å². The van der Waals surface area contributed by atoms with Crippen molar-refractivity contribution in [1.29, 1.82) is 0 Å². The average molecular weight is 833 g/mol. The summed E-state index contributed by atoms with van der Waals surface area (Å²) >= 11 is 1.90. The fourth-order valence-corrected chi connectivity index (χ4v) is 11.6. The minimum Gasteiger partial charge on any atom is -0.458 e. The molecule has 8 aromatic rings. The molecule has 0 aliphatic carbocycles. The van der Waals surface area contributed by atoms with Crippen molar-refractivity contribution in [3.63, 3.8) is 0 Å². The molecule has 0 unspecified atom stereocenters. The Morgan fingerprint density at radius 3 is 1.65 bits per heavy atom. The molecule has 0 bridgehead atoms. The van der Waals surface area contributed by atoms with Gasteiger partial charge in [-0.2, -0.15) is 0 Å². The van der Waals surface area contributed by atoms with Crippen LogP contribution in [0.2, 0.25) is 0 Å². The zero-order valence-corrected chi connectivity index (χ0v) is 37.7. The van der Waals surface area contributed by atoms with Gasteiger partial charge in [-0.25, -0.2) is 0 Å². The van der Waals surface area contributed by atoms with E-state index in [2.05, 4.69) is 227 Å². The van der Waals surface area contributed by atoms with Crippen molar-refractivity contribution in [3.8, 4) is 11.5 Å². The minimum absolute atomic E-state index is 0.00167. The third kappa shape index (κ3) is 6.61. The lowest BCUT2D eigenvalue weighted by Crippen LogP contribution is -2.63. The fourth-order valence-electron chi connectivity index (χ4n) is 10.4. The van der Waals surface area contributed by atoms with E-state index in [4.69, 9.17) is 4.74 Å². The molecule has 3 nitrogen and oxygen atoms in total. The summed E-state index contributed by atoms with van der Waals surface area (Å²) in [5, 5.41) is 0. The number of hydrogen-bond acceptors (Lipinski definition) is 4. The second-order valence-corrected chi connectivity index (χ2v) is 19.3. The Balaban J connectivity index is 1.21. The van der Waals surface area contributed by atoms with Crippen LogP contribution in [0.4, 0.5) is 34.1 Å². The van der Waals surface area contributed by atoms with Crippen LogP contribution in [0, 0.1) is 0 Å². The molecule has 3 aliphatic rings. The van der Waals surface area contributed by atoms with Crippen molar-refractivity contribution in [3.05, 3.63) is 193 Å². The van der Waals surface area contributed by atoms with Gasteiger partial charge in [0.1, 0.15) is 11.5 Å². The Hall–Kier alpha value is -6.36. The summed E-state index contributed by atoms with van der Waals surface area (Å²) in [6, 6.07) is 65.1. The number of anilines is 6. The lowest BCUT2D eigenvalue weighted by molar-refractivity contribution is 0.487. The topological polar surface area (TPSA) is 15.7 Å². The molecule has 0 saturated heterocycles. The monoisotopic (exact) mass is 832 g/mol. The first-order chi connectivity index (χ1) is 30.7. The van der Waals surface area contributed by atoms with Crippen LogP contribution in [-0.2, 0) is 0 Å². The van der Waals surface area contributed by atoms with Gasteiger partial charge in [0.2, 0.25) is 6.71 Å². The lowest BCUT2D eigenvalue weighted by atomic mass is 9.31. The molecule has 0 aromatic heterocycles. The predicted octanol–water partition coefficient (Wildman–Crippen LogP) is 11.9. The van der Waals surface area contributed by atoms with E-state index in [0.29, 0.717) is 17.8 Å². The van der Waals surface area contributed by atoms with Gasteiger partial charge in [0.05, 0.1) is 0 Å². The van der Waals surface area contributed by atoms with Gasteiger partial charge in [-0.1, -0.05) is 173 Å². The molecule has 3 heterocycles. The molecule has 3 aliphatic heterocycles. The number of nitrogens with zero attached hydrogens (tertiary/aromatic N) is 2. The van der Waals surface area contributed by atoms with Crippen molar-refractivity contribution in [2.24, 2.45) is 0 Å². The smallest absolute Gasteiger partial charge is 0.251 e. The molecule has 306 valence electrons. The Morgan fingerprint density at radius 1 is 0.444 bits per heavy atom. The average Bonchev–Trinajstić information content (AvgIpc) is 3.30. The second kappa shape index (κ2) is 15.8. The third-order valence-electron chi connectivity index (χ3n) is 13.3. The van der Waals surface area contributed by atoms with E-state index in [1.54, 1.807) is 0 Å². The van der Waals surface area contributed by atoms with Crippen molar-refractivity contribution in [2.45, 2.75) is 69.1 Å². The first kappa shape index (κ1) is 39.5. The van der Waals surface area contributed by atoms with Crippen molar-refractivity contribution < 1.29 is 4.74 Å². The van der Waals surface area contributed by atoms with Crippen LogP contribution in [0.1, 0.15) is 76.0 Å². The summed E-state index contributed by atoms with van der Waals surface area (Å²) in [5.41, 5.74) is 19.0. The summed E-state index contributed by atoms with van der Waals surface area (Å²) in [6.07, 6.45) is 0. The summed E-state index contributed by atoms with van der Waals surface area (Å²) in [7, 11) is 0. The summed E-state index contributed by atoms with van der Waals surface area (Å²) in [5.74, 6) is 2.98. The maximum atomic E-state index is 7.14. The molecule has 6 heteroatoms. The van der Waals surface area contributed by atoms with Gasteiger partial charge in [0.15, 0.2) is 0 Å². The minimum atomic E-state index is -0.00167. The standard InChI is InChI=1S/C57H50B2N2OS/c1-36(2)39-30-44(37(3)4)56(45(31-39)38(5)6)58-46-26-16-18-28-52(46)62-53-35-50-48(34-49(53)58)59-47-27-17-19-29-54(47)63-55-33-43(32-51(57(55)59)61(50)42-24-14-9-15-25-42)60(40-20-10-7-11-21-40)41-22-12-8-13-23-41/h7-38H,1-6H3. The van der Waals surface area contributed by atoms with Gasteiger partial charge in [-0.15, -0.1) is 0 Å². The number of fused-ring (bicyclic) bond motifs is 6. The first-order valence-corrected chi connectivity index (χ1v) is 23.4. The number of ether oxygens (including phenoxy) is 1. The first-order valence-electron chi connectivity index (χ1n) is 22.6. The highest BCUT2D eigenvalue weighted by Crippen LogP contribution is 2.47. The highest BCUT2D eigenvalue weighted by molar-refractivity contribution is 8.00. The molecule has 11 rings (SSSR count). The molecule has 0 N–H and O–H groups in total. The summed E-state index contributed by atoms with van der Waals surface area (Å²) < 4.78 is 7.14. The molecule has 0 saturated carbocycles. The molecule has 0 atom stereocenters. The SMILES string of the molecule is CC(C)c1cc(C(C)C)c(B2c3ccccc3Oc3cc4c(cc32)B2c3ccccc3Sc3cc(N(c5ccccc5)c5ccccc5)cc(c32)N4c2ccccc2)c(C(C)C)c1. The van der Waals surface area contributed by atoms with Gasteiger partial charge < -0.3 is 14.5 Å². The number of hydrogen-bond donors (Lipinski definition) is 0. The Labute approximate surface area is 377 Å². The predicted molar refractivity (Wildman–Crippen MR) is 271 cm³/mol. The van der Waals surface area contributed by atoms with Crippen molar-refractivity contribution >= 4 is 92.1 Å². The van der Waals surface area contributed by atoms with Crippen LogP contribution in [0.15, 0.2) is 186 Å². The Kier molecular flexibility index (Phi) is 9.88. The van der Waals surface area contributed by atoms with Crippen molar-refractivity contribution in [1.82, 2.24) is 0 Å². The highest BCUT2D eigenvalue weighted by Gasteiger charge is 2.45. The highest BCUT2D eigenvalue weighted by atomic mass is 32.2. The third-order valence-corrected chi connectivity index (χ3v) is 14.5. The fraction of sp³-hybridized carbons (Fsp3) is 0.158. The number of benzene rings is 8. The van der Waals surface area contributed by atoms with Crippen molar-refractivity contribution in [2.75, 3.05) is 9.80 Å². The zero-order chi connectivity index (χ0) is 42.9. The quantitative estimate of drug-likeness (QED) is 0.142. The molecular weight excluding hydrogens is 782 g/mol. The Morgan fingerprint density at radius 2 is 1.02 bits per heavy atom. The van der Waals surface area contributed by atoms with Crippen LogP contribution in [0.3, 0.4) is 0 Å². The number of rotatable bonds is 8. The van der Waals surface area contributed by atoms with Crippen LogP contribution in [0.5, 0.6) is 11.5 Å². The van der Waals surface area contributed by atoms with E-state index in [1.807, 2.05) is 11.8 Å². The van der Waals surface area contributed by atoms with Crippen LogP contribution < -0.4 is 47.3 Å². The van der Waals surface area contributed by atoms with Crippen LogP contribution in [0.25, 0.3) is 0 Å². The maximum absolute atomic E-state index is 7.14. The molecule has 0 amide bonds. The zero-order valence-electron chi connectivity index (χ0n) is 36.8. The van der Waals surface area contributed by atoms with Gasteiger partial charge in [0.25, 0.3) is 6.71 Å². The Bertz CT molecular complexity index is 2960. The second-order valence-electron chi connectivity index (χ2n) is 18.2. The van der Waals surface area contributed by atoms with E-state index in [-0.39, 0.29) is 13.4 Å². The largest absolute Gasteiger partial charge is 0.458 e. The molecule has 0 fully saturated rings. The van der Waals surface area contributed by atoms with E-state index in [9.17, 15) is 0 Å². The van der Waals surface area contributed by atoms with Gasteiger partial charge >= 0.3 is 0 Å². The van der Waals surface area contributed by atoms with Gasteiger partial charge in [-0.3, -0.25) is 0 Å². The number of para-hydroxylation sites is 4. The molecule has 63 heavy (non-hydrogen) atoms. The molecule has 0 radical (unpaired) electrons. The molecule has 0 spiro atoms. The van der Waals surface area contributed by atoms with E-state index in [0.717, 1.165) is 39.9 Å². The molecular formula is C57H50B2N2OS. The van der Waals surface area contributed by atoms with E-state index < -0.39 is 0 Å². The maximum Gasteiger partial charge on any atom is 0.251 e. The summed E-state index contributed by atoms with van der Waals surface area (Å²) in [4.78, 5) is 7.48. The summed E-state index contributed by atoms with van der Waals surface area (Å²) in [6.45, 7) is 14.1. The lowest BCUT2D eigenvalue weighted by Gasteiger charge is -2.42. The normalized spacial score (nSPS) is 13.3. The van der Waals surface area contributed by atoms with E-state index in [1.165, 1.54) is 64.9 Å². The molecule has 8 aromatic carbocycles.